The second-order valence-electron chi connectivity index (χ2n) is 4.81. The fourth-order valence-electron chi connectivity index (χ4n) is 2.30. The highest BCUT2D eigenvalue weighted by Crippen LogP contribution is 2.30. The van der Waals surface area contributed by atoms with E-state index in [-0.39, 0.29) is 6.10 Å². The van der Waals surface area contributed by atoms with Gasteiger partial charge in [0.05, 0.1) is 7.11 Å². The van der Waals surface area contributed by atoms with Crippen molar-refractivity contribution in [3.05, 3.63) is 23.8 Å². The molecule has 0 aliphatic carbocycles. The van der Waals surface area contributed by atoms with E-state index in [2.05, 4.69) is 18.0 Å². The third-order valence-corrected chi connectivity index (χ3v) is 3.30. The maximum absolute atomic E-state index is 6.00. The van der Waals surface area contributed by atoms with Gasteiger partial charge in [-0.2, -0.15) is 0 Å². The van der Waals surface area contributed by atoms with Crippen LogP contribution in [-0.2, 0) is 6.42 Å². The van der Waals surface area contributed by atoms with Crippen LogP contribution in [0.15, 0.2) is 18.2 Å². The molecule has 0 radical (unpaired) electrons. The van der Waals surface area contributed by atoms with Crippen LogP contribution in [0.5, 0.6) is 11.5 Å². The van der Waals surface area contributed by atoms with Crippen molar-refractivity contribution < 1.29 is 9.47 Å². The minimum atomic E-state index is 0.268. The highest BCUT2D eigenvalue weighted by Gasteiger charge is 2.22. The summed E-state index contributed by atoms with van der Waals surface area (Å²) in [6.45, 7) is 2.72. The molecule has 1 saturated heterocycles. The quantitative estimate of drug-likeness (QED) is 0.855. The van der Waals surface area contributed by atoms with E-state index >= 15 is 0 Å². The number of likely N-dealkylation sites (N-methyl/N-ethyl adjacent to an activating group) is 1. The van der Waals surface area contributed by atoms with Crippen molar-refractivity contribution in [3.8, 4) is 11.5 Å². The van der Waals surface area contributed by atoms with Gasteiger partial charge in [0.2, 0.25) is 0 Å². The molecule has 1 aromatic carbocycles. The van der Waals surface area contributed by atoms with Gasteiger partial charge in [0.15, 0.2) is 11.5 Å². The summed E-state index contributed by atoms with van der Waals surface area (Å²) in [7, 11) is 3.79. The van der Waals surface area contributed by atoms with Crippen molar-refractivity contribution in [2.45, 2.75) is 18.9 Å². The van der Waals surface area contributed by atoms with Crippen molar-refractivity contribution in [3.63, 3.8) is 0 Å². The normalized spacial score (nSPS) is 20.1. The minimum absolute atomic E-state index is 0.268. The molecule has 1 aromatic rings. The highest BCUT2D eigenvalue weighted by atomic mass is 16.5. The van der Waals surface area contributed by atoms with Gasteiger partial charge in [-0.05, 0) is 44.1 Å². The standard InChI is InChI=1S/C14H22N2O2/c1-16-8-6-12(10-16)18-13-4-3-11(5-7-15)9-14(13)17-2/h3-4,9,12H,5-8,10,15H2,1-2H3. The molecule has 1 unspecified atom stereocenters. The van der Waals surface area contributed by atoms with Crippen LogP contribution in [-0.4, -0.2) is 44.8 Å². The number of nitrogens with zero attached hydrogens (tertiary/aromatic N) is 1. The van der Waals surface area contributed by atoms with Crippen LogP contribution in [0.2, 0.25) is 0 Å². The first-order valence-corrected chi connectivity index (χ1v) is 6.45. The first kappa shape index (κ1) is 13.2. The molecule has 0 aromatic heterocycles. The Hall–Kier alpha value is -1.26. The summed E-state index contributed by atoms with van der Waals surface area (Å²) >= 11 is 0. The molecular formula is C14H22N2O2. The summed E-state index contributed by atoms with van der Waals surface area (Å²) in [5.74, 6) is 1.63. The first-order chi connectivity index (χ1) is 8.72. The summed E-state index contributed by atoms with van der Waals surface area (Å²) in [6, 6.07) is 6.06. The van der Waals surface area contributed by atoms with E-state index in [1.54, 1.807) is 7.11 Å². The molecule has 4 nitrogen and oxygen atoms in total. The Morgan fingerprint density at radius 2 is 2.22 bits per heavy atom. The number of methoxy groups -OCH3 is 1. The van der Waals surface area contributed by atoms with Gasteiger partial charge in [0, 0.05) is 13.1 Å². The molecule has 0 saturated carbocycles. The molecule has 4 heteroatoms. The van der Waals surface area contributed by atoms with Crippen molar-refractivity contribution >= 4 is 0 Å². The van der Waals surface area contributed by atoms with E-state index in [1.165, 1.54) is 5.56 Å². The lowest BCUT2D eigenvalue weighted by Gasteiger charge is -2.17. The third-order valence-electron chi connectivity index (χ3n) is 3.30. The van der Waals surface area contributed by atoms with E-state index in [9.17, 15) is 0 Å². The lowest BCUT2D eigenvalue weighted by molar-refractivity contribution is 0.199. The molecule has 0 bridgehead atoms. The zero-order valence-corrected chi connectivity index (χ0v) is 11.2. The van der Waals surface area contributed by atoms with Crippen molar-refractivity contribution in [2.24, 2.45) is 5.73 Å². The smallest absolute Gasteiger partial charge is 0.161 e. The summed E-state index contributed by atoms with van der Waals surface area (Å²) in [4.78, 5) is 2.28. The lowest BCUT2D eigenvalue weighted by Crippen LogP contribution is -2.21. The minimum Gasteiger partial charge on any atom is -0.493 e. The SMILES string of the molecule is COc1cc(CCN)ccc1OC1CCN(C)C1. The van der Waals surface area contributed by atoms with Gasteiger partial charge < -0.3 is 20.1 Å². The molecule has 0 spiro atoms. The van der Waals surface area contributed by atoms with Crippen LogP contribution in [0.3, 0.4) is 0 Å². The molecule has 1 fully saturated rings. The molecule has 1 heterocycles. The monoisotopic (exact) mass is 250 g/mol. The molecule has 1 aliphatic rings. The van der Waals surface area contributed by atoms with Crippen LogP contribution in [0.1, 0.15) is 12.0 Å². The van der Waals surface area contributed by atoms with Crippen molar-refractivity contribution in [1.29, 1.82) is 0 Å². The predicted octanol–water partition coefficient (Wildman–Crippen LogP) is 1.28. The van der Waals surface area contributed by atoms with E-state index in [0.717, 1.165) is 37.4 Å². The zero-order valence-electron chi connectivity index (χ0n) is 11.2. The average Bonchev–Trinajstić information content (AvgIpc) is 2.77. The van der Waals surface area contributed by atoms with Gasteiger partial charge in [0.25, 0.3) is 0 Å². The number of rotatable bonds is 5. The van der Waals surface area contributed by atoms with Gasteiger partial charge in [-0.3, -0.25) is 0 Å². The Kier molecular flexibility index (Phi) is 4.44. The van der Waals surface area contributed by atoms with Gasteiger partial charge in [-0.25, -0.2) is 0 Å². The maximum atomic E-state index is 6.00. The van der Waals surface area contributed by atoms with Gasteiger partial charge >= 0.3 is 0 Å². The van der Waals surface area contributed by atoms with Crippen molar-refractivity contribution in [2.75, 3.05) is 33.8 Å². The predicted molar refractivity (Wildman–Crippen MR) is 72.3 cm³/mol. The molecule has 2 N–H and O–H groups in total. The Morgan fingerprint density at radius 1 is 1.39 bits per heavy atom. The van der Waals surface area contributed by atoms with E-state index in [1.807, 2.05) is 12.1 Å². The summed E-state index contributed by atoms with van der Waals surface area (Å²) in [6.07, 6.45) is 2.21. The Morgan fingerprint density at radius 3 is 2.83 bits per heavy atom. The Labute approximate surface area is 109 Å². The largest absolute Gasteiger partial charge is 0.493 e. The first-order valence-electron chi connectivity index (χ1n) is 6.45. The number of ether oxygens (including phenoxy) is 2. The zero-order chi connectivity index (χ0) is 13.0. The van der Waals surface area contributed by atoms with E-state index in [0.29, 0.717) is 6.54 Å². The van der Waals surface area contributed by atoms with Crippen LogP contribution in [0, 0.1) is 0 Å². The topological polar surface area (TPSA) is 47.7 Å². The van der Waals surface area contributed by atoms with E-state index in [4.69, 9.17) is 15.2 Å². The maximum Gasteiger partial charge on any atom is 0.161 e. The molecule has 0 amide bonds. The van der Waals surface area contributed by atoms with Crippen LogP contribution in [0.25, 0.3) is 0 Å². The van der Waals surface area contributed by atoms with Crippen molar-refractivity contribution in [1.82, 2.24) is 4.90 Å². The molecule has 100 valence electrons. The van der Waals surface area contributed by atoms with Crippen LogP contribution >= 0.6 is 0 Å². The van der Waals surface area contributed by atoms with Gasteiger partial charge in [0.1, 0.15) is 6.10 Å². The Bertz CT molecular complexity index is 395. The summed E-state index contributed by atoms with van der Waals surface area (Å²) in [5.41, 5.74) is 6.75. The lowest BCUT2D eigenvalue weighted by atomic mass is 10.1. The highest BCUT2D eigenvalue weighted by molar-refractivity contribution is 5.43. The second-order valence-corrected chi connectivity index (χ2v) is 4.81. The molecule has 2 rings (SSSR count). The summed E-state index contributed by atoms with van der Waals surface area (Å²) in [5, 5.41) is 0. The summed E-state index contributed by atoms with van der Waals surface area (Å²) < 4.78 is 11.4. The van der Waals surface area contributed by atoms with E-state index < -0.39 is 0 Å². The third kappa shape index (κ3) is 3.15. The number of benzene rings is 1. The second kappa shape index (κ2) is 6.07. The molecular weight excluding hydrogens is 228 g/mol. The molecule has 1 atom stereocenters. The average molecular weight is 250 g/mol. The van der Waals surface area contributed by atoms with Crippen LogP contribution < -0.4 is 15.2 Å². The number of hydrogen-bond acceptors (Lipinski definition) is 4. The molecule has 1 aliphatic heterocycles. The van der Waals surface area contributed by atoms with Crippen LogP contribution in [0.4, 0.5) is 0 Å². The van der Waals surface area contributed by atoms with Gasteiger partial charge in [-0.1, -0.05) is 6.07 Å². The molecule has 18 heavy (non-hydrogen) atoms. The Balaban J connectivity index is 2.07. The fourth-order valence-corrected chi connectivity index (χ4v) is 2.30. The van der Waals surface area contributed by atoms with Gasteiger partial charge in [-0.15, -0.1) is 0 Å². The fraction of sp³-hybridized carbons (Fsp3) is 0.571. The number of hydrogen-bond donors (Lipinski definition) is 1. The number of likely N-dealkylation sites (tertiary alicyclic amines) is 1. The number of nitrogens with two attached hydrogens (primary N) is 1.